The first-order chi connectivity index (χ1) is 13.2. The van der Waals surface area contributed by atoms with Crippen molar-refractivity contribution >= 4 is 33.1 Å². The first-order valence-corrected chi connectivity index (χ1v) is 11.1. The van der Waals surface area contributed by atoms with E-state index in [1.807, 2.05) is 37.3 Å². The van der Waals surface area contributed by atoms with E-state index in [-0.39, 0.29) is 6.17 Å². The van der Waals surface area contributed by atoms with E-state index in [2.05, 4.69) is 15.6 Å². The Morgan fingerprint density at radius 3 is 2.75 bits per heavy atom. The minimum absolute atomic E-state index is 0.191. The van der Waals surface area contributed by atoms with Gasteiger partial charge in [0.1, 0.15) is 6.17 Å². The van der Waals surface area contributed by atoms with Crippen molar-refractivity contribution in [3.63, 3.8) is 0 Å². The molecule has 1 unspecified atom stereocenters. The van der Waals surface area contributed by atoms with Crippen molar-refractivity contribution in [2.75, 3.05) is 12.8 Å². The zero-order chi connectivity index (χ0) is 20.3. The number of sulfone groups is 1. The third-order valence-electron chi connectivity index (χ3n) is 4.52. The van der Waals surface area contributed by atoms with Gasteiger partial charge in [-0.25, -0.2) is 13.4 Å². The summed E-state index contributed by atoms with van der Waals surface area (Å²) < 4.78 is 23.4. The van der Waals surface area contributed by atoms with Gasteiger partial charge in [-0.2, -0.15) is 0 Å². The van der Waals surface area contributed by atoms with Gasteiger partial charge < -0.3 is 11.1 Å². The van der Waals surface area contributed by atoms with Crippen molar-refractivity contribution in [1.82, 2.24) is 10.6 Å². The molecule has 6 nitrogen and oxygen atoms in total. The fourth-order valence-corrected chi connectivity index (χ4v) is 3.87. The molecule has 1 aliphatic heterocycles. The number of nitrogens with zero attached hydrogens (tertiary/aromatic N) is 1. The maximum Gasteiger partial charge on any atom is 0.195 e. The number of nitrogens with two attached hydrogens (primary N) is 1. The van der Waals surface area contributed by atoms with E-state index in [4.69, 9.17) is 17.3 Å². The first kappa shape index (κ1) is 20.4. The number of benzene rings is 2. The third kappa shape index (κ3) is 4.92. The number of aliphatic imine (C=N–C) groups is 1. The molecule has 148 valence electrons. The summed E-state index contributed by atoms with van der Waals surface area (Å²) in [7, 11) is -3.21. The molecule has 28 heavy (non-hydrogen) atoms. The Kier molecular flexibility index (Phi) is 6.07. The molecular formula is C20H23ClN4O2S. The molecule has 0 aliphatic carbocycles. The molecule has 1 aliphatic rings. The third-order valence-corrected chi connectivity index (χ3v) is 6.04. The molecule has 0 amide bonds. The first-order valence-electron chi connectivity index (χ1n) is 8.84. The zero-order valence-corrected chi connectivity index (χ0v) is 17.3. The summed E-state index contributed by atoms with van der Waals surface area (Å²) in [6, 6.07) is 12.7. The van der Waals surface area contributed by atoms with Gasteiger partial charge in [0.2, 0.25) is 0 Å². The topological polar surface area (TPSA) is 96.6 Å². The van der Waals surface area contributed by atoms with Crippen LogP contribution in [0.4, 0.5) is 0 Å². The van der Waals surface area contributed by atoms with Crippen LogP contribution in [0, 0.1) is 6.92 Å². The SMILES string of the molecule is Cc1c(Cl)cccc1C1=CC(NCCc2cccc(S(C)(=O)=O)c2)NC(N)=N1. The minimum atomic E-state index is -3.21. The van der Waals surface area contributed by atoms with Crippen LogP contribution in [0.3, 0.4) is 0 Å². The predicted molar refractivity (Wildman–Crippen MR) is 114 cm³/mol. The molecule has 0 radical (unpaired) electrons. The van der Waals surface area contributed by atoms with Gasteiger partial charge >= 0.3 is 0 Å². The summed E-state index contributed by atoms with van der Waals surface area (Å²) in [5.74, 6) is 0.327. The summed E-state index contributed by atoms with van der Waals surface area (Å²) in [5.41, 5.74) is 9.54. The Bertz CT molecular complexity index is 1050. The second-order valence-electron chi connectivity index (χ2n) is 6.71. The van der Waals surface area contributed by atoms with Gasteiger partial charge in [0.05, 0.1) is 10.6 Å². The highest BCUT2D eigenvalue weighted by molar-refractivity contribution is 7.90. The number of nitrogens with one attached hydrogen (secondary N) is 2. The Morgan fingerprint density at radius 2 is 2.00 bits per heavy atom. The maximum atomic E-state index is 11.7. The van der Waals surface area contributed by atoms with Gasteiger partial charge in [-0.05, 0) is 48.7 Å². The Balaban J connectivity index is 1.69. The predicted octanol–water partition coefficient (Wildman–Crippen LogP) is 2.47. The van der Waals surface area contributed by atoms with E-state index in [9.17, 15) is 8.42 Å². The lowest BCUT2D eigenvalue weighted by molar-refractivity contribution is 0.561. The number of hydrogen-bond donors (Lipinski definition) is 3. The van der Waals surface area contributed by atoms with Crippen LogP contribution in [0.25, 0.3) is 5.70 Å². The maximum absolute atomic E-state index is 11.7. The molecule has 2 aromatic carbocycles. The lowest BCUT2D eigenvalue weighted by atomic mass is 10.0. The smallest absolute Gasteiger partial charge is 0.195 e. The Morgan fingerprint density at radius 1 is 1.25 bits per heavy atom. The van der Waals surface area contributed by atoms with Crippen molar-refractivity contribution in [3.05, 3.63) is 70.3 Å². The Labute approximate surface area is 170 Å². The van der Waals surface area contributed by atoms with Crippen molar-refractivity contribution in [1.29, 1.82) is 0 Å². The average molecular weight is 419 g/mol. The van der Waals surface area contributed by atoms with Crippen LogP contribution < -0.4 is 16.4 Å². The van der Waals surface area contributed by atoms with Crippen molar-refractivity contribution in [2.45, 2.75) is 24.4 Å². The van der Waals surface area contributed by atoms with Crippen LogP contribution in [-0.4, -0.2) is 33.3 Å². The highest BCUT2D eigenvalue weighted by Gasteiger charge is 2.16. The van der Waals surface area contributed by atoms with Crippen molar-refractivity contribution in [2.24, 2.45) is 10.7 Å². The normalized spacial score (nSPS) is 16.9. The zero-order valence-electron chi connectivity index (χ0n) is 15.7. The van der Waals surface area contributed by atoms with E-state index < -0.39 is 9.84 Å². The van der Waals surface area contributed by atoms with Crippen LogP contribution in [0.15, 0.2) is 58.4 Å². The minimum Gasteiger partial charge on any atom is -0.370 e. The van der Waals surface area contributed by atoms with Crippen LogP contribution in [0.1, 0.15) is 16.7 Å². The molecule has 3 rings (SSSR count). The van der Waals surface area contributed by atoms with E-state index in [0.717, 1.165) is 22.4 Å². The molecule has 0 saturated heterocycles. The second kappa shape index (κ2) is 8.34. The van der Waals surface area contributed by atoms with E-state index >= 15 is 0 Å². The van der Waals surface area contributed by atoms with Gasteiger partial charge in [-0.1, -0.05) is 35.9 Å². The quantitative estimate of drug-likeness (QED) is 0.669. The molecule has 2 aromatic rings. The lowest BCUT2D eigenvalue weighted by Crippen LogP contribution is -2.49. The largest absolute Gasteiger partial charge is 0.370 e. The summed E-state index contributed by atoms with van der Waals surface area (Å²) in [4.78, 5) is 4.72. The number of rotatable bonds is 6. The van der Waals surface area contributed by atoms with Gasteiger partial charge in [0.25, 0.3) is 0 Å². The van der Waals surface area contributed by atoms with Crippen LogP contribution in [-0.2, 0) is 16.3 Å². The summed E-state index contributed by atoms with van der Waals surface area (Å²) >= 11 is 6.22. The monoisotopic (exact) mass is 418 g/mol. The van der Waals surface area contributed by atoms with Crippen LogP contribution >= 0.6 is 11.6 Å². The molecule has 1 heterocycles. The molecule has 0 spiro atoms. The molecule has 1 atom stereocenters. The van der Waals surface area contributed by atoms with E-state index in [1.54, 1.807) is 18.2 Å². The van der Waals surface area contributed by atoms with Crippen molar-refractivity contribution in [3.8, 4) is 0 Å². The van der Waals surface area contributed by atoms with Gasteiger partial charge in [-0.3, -0.25) is 5.32 Å². The fraction of sp³-hybridized carbons (Fsp3) is 0.250. The average Bonchev–Trinajstić information content (AvgIpc) is 2.63. The number of guanidine groups is 1. The standard InChI is InChI=1S/C20H23ClN4O2S/c1-13-16(7-4-8-17(13)21)18-12-19(25-20(22)24-18)23-10-9-14-5-3-6-15(11-14)28(2,26)27/h3-8,11-12,19,23H,9-10H2,1-2H3,(H3,22,24,25). The summed E-state index contributed by atoms with van der Waals surface area (Å²) in [6.07, 6.45) is 3.66. The molecule has 4 N–H and O–H groups in total. The van der Waals surface area contributed by atoms with E-state index in [0.29, 0.717) is 28.8 Å². The molecule has 0 saturated carbocycles. The van der Waals surface area contributed by atoms with E-state index in [1.165, 1.54) is 6.26 Å². The molecule has 0 fully saturated rings. The summed E-state index contributed by atoms with van der Waals surface area (Å²) in [6.45, 7) is 2.58. The highest BCUT2D eigenvalue weighted by Crippen LogP contribution is 2.27. The fourth-order valence-electron chi connectivity index (χ4n) is 3.01. The van der Waals surface area contributed by atoms with Crippen LogP contribution in [0.5, 0.6) is 0 Å². The Hall–Kier alpha value is -2.35. The lowest BCUT2D eigenvalue weighted by Gasteiger charge is -2.23. The number of hydrogen-bond acceptors (Lipinski definition) is 6. The van der Waals surface area contributed by atoms with Gasteiger partial charge in [-0.15, -0.1) is 0 Å². The molecular weight excluding hydrogens is 396 g/mol. The molecule has 0 bridgehead atoms. The second-order valence-corrected chi connectivity index (χ2v) is 9.13. The van der Waals surface area contributed by atoms with Gasteiger partial charge in [0.15, 0.2) is 15.8 Å². The van der Waals surface area contributed by atoms with Crippen LogP contribution in [0.2, 0.25) is 5.02 Å². The molecule has 0 aromatic heterocycles. The number of halogens is 1. The molecule has 8 heteroatoms. The van der Waals surface area contributed by atoms with Gasteiger partial charge in [0, 0.05) is 23.4 Å². The highest BCUT2D eigenvalue weighted by atomic mass is 35.5. The summed E-state index contributed by atoms with van der Waals surface area (Å²) in [5, 5.41) is 7.13. The van der Waals surface area contributed by atoms with Crippen molar-refractivity contribution < 1.29 is 8.42 Å².